The minimum atomic E-state index is 0.311. The van der Waals surface area contributed by atoms with Gasteiger partial charge in [-0.05, 0) is 24.6 Å². The second-order valence-electron chi connectivity index (χ2n) is 5.08. The van der Waals surface area contributed by atoms with Crippen LogP contribution in [0.3, 0.4) is 0 Å². The van der Waals surface area contributed by atoms with Gasteiger partial charge >= 0.3 is 0 Å². The Kier molecular flexibility index (Phi) is 4.12. The van der Waals surface area contributed by atoms with Gasteiger partial charge in [0.1, 0.15) is 4.88 Å². The molecule has 0 atom stereocenters. The van der Waals surface area contributed by atoms with Gasteiger partial charge in [0.2, 0.25) is 0 Å². The Morgan fingerprint density at radius 1 is 1.24 bits per heavy atom. The molecule has 0 aliphatic carbocycles. The summed E-state index contributed by atoms with van der Waals surface area (Å²) in [5.74, 6) is 0. The number of hydrogen-bond donors (Lipinski definition) is 0. The van der Waals surface area contributed by atoms with Crippen molar-refractivity contribution in [1.29, 1.82) is 0 Å². The van der Waals surface area contributed by atoms with Gasteiger partial charge in [-0.3, -0.25) is 4.79 Å². The van der Waals surface area contributed by atoms with Crippen molar-refractivity contribution < 1.29 is 4.79 Å². The fourth-order valence-electron chi connectivity index (χ4n) is 2.49. The van der Waals surface area contributed by atoms with Crippen LogP contribution >= 0.6 is 22.9 Å². The zero-order chi connectivity index (χ0) is 14.8. The van der Waals surface area contributed by atoms with Crippen molar-refractivity contribution in [2.45, 2.75) is 6.92 Å². The molecule has 0 unspecified atom stereocenters. The third-order valence-corrected chi connectivity index (χ3v) is 5.06. The van der Waals surface area contributed by atoms with Gasteiger partial charge in [0.15, 0.2) is 16.6 Å². The number of benzene rings is 1. The van der Waals surface area contributed by atoms with Gasteiger partial charge in [0.25, 0.3) is 0 Å². The lowest BCUT2D eigenvalue weighted by Gasteiger charge is -2.36. The third kappa shape index (κ3) is 3.04. The molecule has 6 heteroatoms. The molecule has 1 saturated heterocycles. The molecule has 1 aliphatic heterocycles. The van der Waals surface area contributed by atoms with Crippen LogP contribution in [0.5, 0.6) is 0 Å². The normalized spacial score (nSPS) is 15.3. The zero-order valence-corrected chi connectivity index (χ0v) is 13.3. The van der Waals surface area contributed by atoms with Crippen molar-refractivity contribution in [3.8, 4) is 0 Å². The summed E-state index contributed by atoms with van der Waals surface area (Å²) in [6, 6.07) is 8.56. The highest BCUT2D eigenvalue weighted by atomic mass is 35.5. The Morgan fingerprint density at radius 3 is 2.57 bits per heavy atom. The van der Waals surface area contributed by atoms with Crippen molar-refractivity contribution in [3.63, 3.8) is 0 Å². The number of hydrogen-bond acceptors (Lipinski definition) is 5. The highest BCUT2D eigenvalue weighted by Crippen LogP contribution is 2.29. The minimum Gasteiger partial charge on any atom is -0.368 e. The molecular formula is C15H16ClN3OS. The summed E-state index contributed by atoms with van der Waals surface area (Å²) in [7, 11) is 0. The fraction of sp³-hybridized carbons (Fsp3) is 0.333. The van der Waals surface area contributed by atoms with Crippen molar-refractivity contribution in [1.82, 2.24) is 4.98 Å². The predicted molar refractivity (Wildman–Crippen MR) is 88.1 cm³/mol. The Hall–Kier alpha value is -1.59. The number of halogens is 1. The Balaban J connectivity index is 1.68. The van der Waals surface area contributed by atoms with Gasteiger partial charge in [0, 0.05) is 31.9 Å². The lowest BCUT2D eigenvalue weighted by Crippen LogP contribution is -2.46. The molecular weight excluding hydrogens is 306 g/mol. The maximum Gasteiger partial charge on any atom is 0.187 e. The first kappa shape index (κ1) is 14.4. The topological polar surface area (TPSA) is 36.4 Å². The molecule has 1 aromatic carbocycles. The number of anilines is 2. The molecule has 1 aromatic heterocycles. The summed E-state index contributed by atoms with van der Waals surface area (Å²) in [5, 5.41) is 1.15. The summed E-state index contributed by atoms with van der Waals surface area (Å²) in [6.07, 6.45) is 0.770. The van der Waals surface area contributed by atoms with Crippen molar-refractivity contribution >= 4 is 40.0 Å². The van der Waals surface area contributed by atoms with E-state index in [0.717, 1.165) is 37.6 Å². The number of aryl methyl sites for hydroxylation is 1. The Labute approximate surface area is 133 Å². The summed E-state index contributed by atoms with van der Waals surface area (Å²) >= 11 is 7.30. The highest BCUT2D eigenvalue weighted by molar-refractivity contribution is 7.17. The van der Waals surface area contributed by atoms with E-state index in [2.05, 4.69) is 46.0 Å². The number of aldehydes is 1. The first-order chi connectivity index (χ1) is 10.2. The van der Waals surface area contributed by atoms with Crippen LogP contribution in [0.25, 0.3) is 0 Å². The standard InChI is InChI=1S/C15H16ClN3OS/c1-11-3-2-4-12(9-11)18-5-7-19(8-6-18)15-17-14(16)13(10-20)21-15/h2-4,9-10H,5-8H2,1H3. The monoisotopic (exact) mass is 321 g/mol. The maximum absolute atomic E-state index is 10.9. The van der Waals surface area contributed by atoms with E-state index in [1.807, 2.05) is 0 Å². The van der Waals surface area contributed by atoms with Crippen LogP contribution in [0.15, 0.2) is 24.3 Å². The Morgan fingerprint density at radius 2 is 1.95 bits per heavy atom. The first-order valence-electron chi connectivity index (χ1n) is 6.85. The zero-order valence-electron chi connectivity index (χ0n) is 11.8. The summed E-state index contributed by atoms with van der Waals surface area (Å²) in [6.45, 7) is 5.76. The van der Waals surface area contributed by atoms with Gasteiger partial charge in [0.05, 0.1) is 0 Å². The third-order valence-electron chi connectivity index (χ3n) is 3.62. The maximum atomic E-state index is 10.9. The van der Waals surface area contributed by atoms with E-state index in [1.165, 1.54) is 22.6 Å². The van der Waals surface area contributed by atoms with Crippen LogP contribution in [0.1, 0.15) is 15.2 Å². The number of piperazine rings is 1. The quantitative estimate of drug-likeness (QED) is 0.813. The number of carbonyl (C=O) groups excluding carboxylic acids is 1. The second kappa shape index (κ2) is 6.03. The molecule has 0 amide bonds. The average Bonchev–Trinajstić information content (AvgIpc) is 2.88. The molecule has 3 rings (SSSR count). The fourth-order valence-corrected chi connectivity index (χ4v) is 3.60. The van der Waals surface area contributed by atoms with Crippen LogP contribution < -0.4 is 9.80 Å². The number of thiazole rings is 1. The number of aromatic nitrogens is 1. The molecule has 1 aliphatic rings. The van der Waals surface area contributed by atoms with E-state index in [4.69, 9.17) is 11.6 Å². The highest BCUT2D eigenvalue weighted by Gasteiger charge is 2.21. The van der Waals surface area contributed by atoms with Crippen molar-refractivity contribution in [3.05, 3.63) is 39.9 Å². The van der Waals surface area contributed by atoms with Crippen molar-refractivity contribution in [2.75, 3.05) is 36.0 Å². The van der Waals surface area contributed by atoms with Gasteiger partial charge in [-0.15, -0.1) is 0 Å². The van der Waals surface area contributed by atoms with E-state index in [-0.39, 0.29) is 0 Å². The molecule has 0 bridgehead atoms. The van der Waals surface area contributed by atoms with Gasteiger partial charge < -0.3 is 9.80 Å². The van der Waals surface area contributed by atoms with Crippen LogP contribution in [-0.4, -0.2) is 37.4 Å². The SMILES string of the molecule is Cc1cccc(N2CCN(c3nc(Cl)c(C=O)s3)CC2)c1. The summed E-state index contributed by atoms with van der Waals surface area (Å²) in [5.41, 5.74) is 2.54. The van der Waals surface area contributed by atoms with Crippen molar-refractivity contribution in [2.24, 2.45) is 0 Å². The molecule has 21 heavy (non-hydrogen) atoms. The molecule has 0 saturated carbocycles. The second-order valence-corrected chi connectivity index (χ2v) is 6.45. The molecule has 110 valence electrons. The van der Waals surface area contributed by atoms with E-state index in [0.29, 0.717) is 10.0 Å². The Bertz CT molecular complexity index is 650. The summed E-state index contributed by atoms with van der Waals surface area (Å²) < 4.78 is 0. The van der Waals surface area contributed by atoms with Gasteiger partial charge in [-0.25, -0.2) is 4.98 Å². The van der Waals surface area contributed by atoms with Gasteiger partial charge in [-0.1, -0.05) is 35.1 Å². The smallest absolute Gasteiger partial charge is 0.187 e. The lowest BCUT2D eigenvalue weighted by molar-refractivity contribution is 0.112. The number of nitrogens with zero attached hydrogens (tertiary/aromatic N) is 3. The minimum absolute atomic E-state index is 0.311. The summed E-state index contributed by atoms with van der Waals surface area (Å²) in [4.78, 5) is 20.2. The molecule has 4 nitrogen and oxygen atoms in total. The predicted octanol–water partition coefficient (Wildman–Crippen LogP) is 3.24. The van der Waals surface area contributed by atoms with E-state index in [9.17, 15) is 4.79 Å². The van der Waals surface area contributed by atoms with Crippen LogP contribution in [0.2, 0.25) is 5.15 Å². The van der Waals surface area contributed by atoms with Gasteiger partial charge in [-0.2, -0.15) is 0 Å². The number of rotatable bonds is 3. The lowest BCUT2D eigenvalue weighted by atomic mass is 10.2. The van der Waals surface area contributed by atoms with Crippen LogP contribution in [-0.2, 0) is 0 Å². The first-order valence-corrected chi connectivity index (χ1v) is 8.05. The number of carbonyl (C=O) groups is 1. The van der Waals surface area contributed by atoms with E-state index in [1.54, 1.807) is 0 Å². The molecule has 0 spiro atoms. The van der Waals surface area contributed by atoms with Crippen LogP contribution in [0, 0.1) is 6.92 Å². The molecule has 2 aromatic rings. The average molecular weight is 322 g/mol. The molecule has 0 radical (unpaired) electrons. The van der Waals surface area contributed by atoms with Crippen LogP contribution in [0.4, 0.5) is 10.8 Å². The van der Waals surface area contributed by atoms with E-state index < -0.39 is 0 Å². The molecule has 1 fully saturated rings. The molecule has 0 N–H and O–H groups in total. The van der Waals surface area contributed by atoms with E-state index >= 15 is 0 Å². The largest absolute Gasteiger partial charge is 0.368 e. The molecule has 2 heterocycles.